The molecule has 0 bridgehead atoms. The van der Waals surface area contributed by atoms with Crippen LogP contribution < -0.4 is 12.3 Å². The summed E-state index contributed by atoms with van der Waals surface area (Å²) in [6.07, 6.45) is -5.64. The molecule has 8 N–H and O–H groups in total. The van der Waals surface area contributed by atoms with Crippen LogP contribution in [-0.4, -0.2) is 87.8 Å². The van der Waals surface area contributed by atoms with Gasteiger partial charge in [-0.15, -0.1) is 0 Å². The predicted molar refractivity (Wildman–Crippen MR) is 48.0 cm³/mol. The Morgan fingerprint density at radius 1 is 0.786 bits per heavy atom. The summed E-state index contributed by atoms with van der Waals surface area (Å²) in [5.74, 6) is 0. The molecule has 76 valence electrons. The minimum atomic E-state index is -1.92. The number of rotatable bonds is 0. The van der Waals surface area contributed by atoms with Crippen molar-refractivity contribution in [3.05, 3.63) is 0 Å². The molecule has 0 spiro atoms. The first-order chi connectivity index (χ1) is 4.52. The van der Waals surface area contributed by atoms with Gasteiger partial charge in [-0.25, -0.2) is 14.4 Å². The van der Waals surface area contributed by atoms with Gasteiger partial charge in [-0.3, -0.25) is 0 Å². The van der Waals surface area contributed by atoms with Crippen LogP contribution in [-0.2, 0) is 9.47 Å². The molecule has 0 aliphatic carbocycles. The molecular formula is C3H10N2Na2O7. The predicted octanol–water partition coefficient (Wildman–Crippen LogP) is -0.477. The van der Waals surface area contributed by atoms with Gasteiger partial charge in [0.2, 0.25) is 0 Å². The minimum absolute atomic E-state index is 0. The van der Waals surface area contributed by atoms with Crippen LogP contribution >= 0.6 is 0 Å². The van der Waals surface area contributed by atoms with E-state index >= 15 is 0 Å². The van der Waals surface area contributed by atoms with Crippen LogP contribution in [0.1, 0.15) is 0 Å². The van der Waals surface area contributed by atoms with Crippen molar-refractivity contribution in [2.24, 2.45) is 0 Å². The van der Waals surface area contributed by atoms with Gasteiger partial charge in [0, 0.05) is 0 Å². The SMILES string of the molecule is N.N.O=C(O)OC(=O)OC(=O)O.[NaH].[NaH]. The molecule has 14 heavy (non-hydrogen) atoms. The summed E-state index contributed by atoms with van der Waals surface area (Å²) in [7, 11) is 0. The Bertz CT molecular complexity index is 168. The van der Waals surface area contributed by atoms with E-state index < -0.39 is 18.5 Å². The van der Waals surface area contributed by atoms with Gasteiger partial charge in [-0.05, 0) is 0 Å². The van der Waals surface area contributed by atoms with E-state index in [1.54, 1.807) is 0 Å². The molecule has 0 aliphatic heterocycles. The number of hydrogen-bond acceptors (Lipinski definition) is 7. The number of hydrogen-bond donors (Lipinski definition) is 4. The fourth-order valence-corrected chi connectivity index (χ4v) is 0.163. The van der Waals surface area contributed by atoms with E-state index in [-0.39, 0.29) is 71.4 Å². The molecule has 0 aliphatic rings. The average molecular weight is 232 g/mol. The molecule has 11 heteroatoms. The molecule has 0 aromatic carbocycles. The molecule has 0 amide bonds. The molecule has 0 atom stereocenters. The zero-order valence-electron chi connectivity index (χ0n) is 5.85. The van der Waals surface area contributed by atoms with Gasteiger partial charge < -0.3 is 32.0 Å². The Morgan fingerprint density at radius 3 is 1.14 bits per heavy atom. The van der Waals surface area contributed by atoms with Gasteiger partial charge >= 0.3 is 77.6 Å². The van der Waals surface area contributed by atoms with Gasteiger partial charge in [0.15, 0.2) is 0 Å². The zero-order valence-corrected chi connectivity index (χ0v) is 5.85. The normalized spacial score (nSPS) is 5.71. The van der Waals surface area contributed by atoms with Crippen molar-refractivity contribution in [3.8, 4) is 0 Å². The zero-order chi connectivity index (χ0) is 8.15. The summed E-state index contributed by atoms with van der Waals surface area (Å²) < 4.78 is 6.47. The molecule has 0 unspecified atom stereocenters. The van der Waals surface area contributed by atoms with Crippen LogP contribution in [0.4, 0.5) is 14.4 Å². The Morgan fingerprint density at radius 2 is 1.00 bits per heavy atom. The first-order valence-electron chi connectivity index (χ1n) is 1.88. The third-order valence-electron chi connectivity index (χ3n) is 0.341. The van der Waals surface area contributed by atoms with Gasteiger partial charge in [0.1, 0.15) is 0 Å². The van der Waals surface area contributed by atoms with Gasteiger partial charge in [0.25, 0.3) is 0 Å². The molecule has 0 saturated carbocycles. The van der Waals surface area contributed by atoms with Crippen molar-refractivity contribution in [3.63, 3.8) is 0 Å². The maximum atomic E-state index is 9.86. The Labute approximate surface area is 123 Å². The van der Waals surface area contributed by atoms with Crippen molar-refractivity contribution in [1.29, 1.82) is 0 Å². The van der Waals surface area contributed by atoms with Crippen molar-refractivity contribution < 1.29 is 34.1 Å². The molecule has 0 heterocycles. The van der Waals surface area contributed by atoms with Crippen molar-refractivity contribution in [1.82, 2.24) is 12.3 Å². The Balaban J connectivity index is -0.0000000675. The van der Waals surface area contributed by atoms with E-state index in [1.807, 2.05) is 0 Å². The topological polar surface area (TPSA) is 180 Å². The second kappa shape index (κ2) is 15.6. The number of carbonyl (C=O) groups is 3. The molecule has 9 nitrogen and oxygen atoms in total. The van der Waals surface area contributed by atoms with Gasteiger partial charge in [-0.2, -0.15) is 0 Å². The quantitative estimate of drug-likeness (QED) is 0.243. The maximum absolute atomic E-state index is 9.86. The number of ether oxygens (including phenoxy) is 2. The van der Waals surface area contributed by atoms with E-state index in [0.717, 1.165) is 0 Å². The van der Waals surface area contributed by atoms with Crippen LogP contribution in [0.25, 0.3) is 0 Å². The molecular weight excluding hydrogens is 222 g/mol. The van der Waals surface area contributed by atoms with Crippen molar-refractivity contribution in [2.45, 2.75) is 0 Å². The molecule has 0 radical (unpaired) electrons. The molecule has 0 fully saturated rings. The van der Waals surface area contributed by atoms with Gasteiger partial charge in [0.05, 0.1) is 0 Å². The fourth-order valence-electron chi connectivity index (χ4n) is 0.163. The monoisotopic (exact) mass is 232 g/mol. The van der Waals surface area contributed by atoms with Crippen LogP contribution in [0.5, 0.6) is 0 Å². The number of carbonyl (C=O) groups excluding carboxylic acids is 1. The van der Waals surface area contributed by atoms with Crippen molar-refractivity contribution >= 4 is 77.6 Å². The van der Waals surface area contributed by atoms with E-state index in [0.29, 0.717) is 0 Å². The summed E-state index contributed by atoms with van der Waals surface area (Å²) in [6, 6.07) is 0. The summed E-state index contributed by atoms with van der Waals surface area (Å²) in [5, 5.41) is 15.4. The van der Waals surface area contributed by atoms with E-state index in [9.17, 15) is 14.4 Å². The Hall–Kier alpha value is 0.130. The second-order valence-corrected chi connectivity index (χ2v) is 0.986. The number of carboxylic acid groups (broad SMARTS) is 2. The fraction of sp³-hybridized carbons (Fsp3) is 0. The second-order valence-electron chi connectivity index (χ2n) is 0.986. The summed E-state index contributed by atoms with van der Waals surface area (Å²) in [6.45, 7) is 0. The van der Waals surface area contributed by atoms with Crippen LogP contribution in [0.15, 0.2) is 0 Å². The third-order valence-corrected chi connectivity index (χ3v) is 0.341. The standard InChI is InChI=1S/C3H2O7.2H3N.2Na.2H/c4-1(5)9-3(8)10-2(6)7;;;;;;/h(H,4,5)(H,6,7);2*1H3;;;;. The molecule has 0 aromatic rings. The molecule has 0 rings (SSSR count). The summed E-state index contributed by atoms with van der Waals surface area (Å²) in [5.41, 5.74) is 0. The molecule has 0 aromatic heterocycles. The Kier molecular flexibility index (Phi) is 32.6. The average Bonchev–Trinajstić information content (AvgIpc) is 1.58. The van der Waals surface area contributed by atoms with E-state index in [4.69, 9.17) is 10.2 Å². The third kappa shape index (κ3) is 22.7. The van der Waals surface area contributed by atoms with Gasteiger partial charge in [-0.1, -0.05) is 0 Å². The van der Waals surface area contributed by atoms with Crippen molar-refractivity contribution in [2.75, 3.05) is 0 Å². The van der Waals surface area contributed by atoms with E-state index in [2.05, 4.69) is 9.47 Å². The van der Waals surface area contributed by atoms with Crippen LogP contribution in [0, 0.1) is 0 Å². The van der Waals surface area contributed by atoms with Crippen LogP contribution in [0.2, 0.25) is 0 Å². The van der Waals surface area contributed by atoms with E-state index in [1.165, 1.54) is 0 Å². The first kappa shape index (κ1) is 29.2. The first-order valence-corrected chi connectivity index (χ1v) is 1.88. The summed E-state index contributed by atoms with van der Waals surface area (Å²) >= 11 is 0. The molecule has 0 saturated heterocycles. The summed E-state index contributed by atoms with van der Waals surface area (Å²) in [4.78, 5) is 28.8. The van der Waals surface area contributed by atoms with Crippen LogP contribution in [0.3, 0.4) is 0 Å².